The van der Waals surface area contributed by atoms with Crippen LogP contribution in [-0.2, 0) is 9.53 Å². The zero-order valence-corrected chi connectivity index (χ0v) is 14.6. The molecule has 0 aliphatic carbocycles. The molecule has 1 atom stereocenters. The largest absolute Gasteiger partial charge is 0.383 e. The van der Waals surface area contributed by atoms with Gasteiger partial charge in [0.05, 0.1) is 17.5 Å². The molecule has 23 heavy (non-hydrogen) atoms. The molecule has 1 aromatic heterocycles. The average Bonchev–Trinajstić information content (AvgIpc) is 2.97. The molecule has 0 aliphatic heterocycles. The SMILES string of the molecule is COCCNC(=O)[C@@H](C)Sc1nnnn1-c1cc(C)ccc1C. The fourth-order valence-corrected chi connectivity index (χ4v) is 2.81. The van der Waals surface area contributed by atoms with Crippen LogP contribution in [0.3, 0.4) is 0 Å². The van der Waals surface area contributed by atoms with Crippen LogP contribution >= 0.6 is 11.8 Å². The molecule has 2 rings (SSSR count). The predicted molar refractivity (Wildman–Crippen MR) is 88.8 cm³/mol. The number of aromatic nitrogens is 4. The Morgan fingerprint density at radius 2 is 2.22 bits per heavy atom. The molecule has 0 fully saturated rings. The minimum Gasteiger partial charge on any atom is -0.383 e. The number of amides is 1. The standard InChI is InChI=1S/C15H21N5O2S/c1-10-5-6-11(2)13(9-10)20-15(17-18-19-20)23-12(3)14(21)16-7-8-22-4/h5-6,9,12H,7-8H2,1-4H3,(H,16,21)/t12-/m1/s1. The first-order valence-corrected chi connectivity index (χ1v) is 8.20. The second-order valence-electron chi connectivity index (χ2n) is 5.21. The number of methoxy groups -OCH3 is 1. The van der Waals surface area contributed by atoms with Crippen molar-refractivity contribution >= 4 is 17.7 Å². The maximum absolute atomic E-state index is 12.0. The van der Waals surface area contributed by atoms with Crippen molar-refractivity contribution < 1.29 is 9.53 Å². The molecular formula is C15H21N5O2S. The Morgan fingerprint density at radius 3 is 2.96 bits per heavy atom. The van der Waals surface area contributed by atoms with Crippen molar-refractivity contribution in [2.24, 2.45) is 0 Å². The van der Waals surface area contributed by atoms with Crippen LogP contribution in [-0.4, -0.2) is 51.6 Å². The van der Waals surface area contributed by atoms with Crippen LogP contribution in [0.25, 0.3) is 5.69 Å². The Kier molecular flexibility index (Phi) is 6.12. The van der Waals surface area contributed by atoms with Crippen LogP contribution in [0.2, 0.25) is 0 Å². The molecule has 1 N–H and O–H groups in total. The molecule has 0 radical (unpaired) electrons. The summed E-state index contributed by atoms with van der Waals surface area (Å²) in [5, 5.41) is 14.9. The Balaban J connectivity index is 2.12. The Bertz CT molecular complexity index is 674. The number of tetrazole rings is 1. The summed E-state index contributed by atoms with van der Waals surface area (Å²) in [5.74, 6) is -0.0671. The third-order valence-corrected chi connectivity index (χ3v) is 4.32. The summed E-state index contributed by atoms with van der Waals surface area (Å²) in [7, 11) is 1.60. The average molecular weight is 335 g/mol. The van der Waals surface area contributed by atoms with E-state index in [2.05, 4.69) is 20.8 Å². The highest BCUT2D eigenvalue weighted by atomic mass is 32.2. The highest BCUT2D eigenvalue weighted by molar-refractivity contribution is 8.00. The number of benzene rings is 1. The van der Waals surface area contributed by atoms with Crippen molar-refractivity contribution in [1.29, 1.82) is 0 Å². The summed E-state index contributed by atoms with van der Waals surface area (Å²) < 4.78 is 6.59. The van der Waals surface area contributed by atoms with Crippen molar-refractivity contribution in [3.8, 4) is 5.69 Å². The van der Waals surface area contributed by atoms with Gasteiger partial charge >= 0.3 is 0 Å². The number of carbonyl (C=O) groups is 1. The van der Waals surface area contributed by atoms with E-state index in [-0.39, 0.29) is 11.2 Å². The molecule has 0 unspecified atom stereocenters. The Morgan fingerprint density at radius 1 is 1.43 bits per heavy atom. The molecule has 1 heterocycles. The van der Waals surface area contributed by atoms with Gasteiger partial charge in [0.15, 0.2) is 0 Å². The fraction of sp³-hybridized carbons (Fsp3) is 0.467. The molecule has 0 spiro atoms. The molecule has 124 valence electrons. The van der Waals surface area contributed by atoms with E-state index in [1.807, 2.05) is 39.0 Å². The van der Waals surface area contributed by atoms with E-state index in [0.29, 0.717) is 18.3 Å². The Labute approximate surface area is 139 Å². The van der Waals surface area contributed by atoms with E-state index in [0.717, 1.165) is 16.8 Å². The van der Waals surface area contributed by atoms with E-state index < -0.39 is 0 Å². The number of rotatable bonds is 7. The highest BCUT2D eigenvalue weighted by Gasteiger charge is 2.19. The van der Waals surface area contributed by atoms with Gasteiger partial charge in [-0.3, -0.25) is 4.79 Å². The summed E-state index contributed by atoms with van der Waals surface area (Å²) in [6.07, 6.45) is 0. The maximum atomic E-state index is 12.0. The van der Waals surface area contributed by atoms with Gasteiger partial charge in [0.25, 0.3) is 0 Å². The van der Waals surface area contributed by atoms with Gasteiger partial charge in [0.1, 0.15) is 0 Å². The predicted octanol–water partition coefficient (Wildman–Crippen LogP) is 1.52. The molecule has 1 aromatic carbocycles. The molecule has 0 saturated heterocycles. The van der Waals surface area contributed by atoms with E-state index >= 15 is 0 Å². The number of nitrogens with one attached hydrogen (secondary N) is 1. The molecule has 0 aliphatic rings. The van der Waals surface area contributed by atoms with Crippen molar-refractivity contribution in [1.82, 2.24) is 25.5 Å². The van der Waals surface area contributed by atoms with E-state index in [1.165, 1.54) is 11.8 Å². The summed E-state index contributed by atoms with van der Waals surface area (Å²) in [4.78, 5) is 12.0. The number of carbonyl (C=O) groups excluding carboxylic acids is 1. The minimum atomic E-state index is -0.304. The molecule has 2 aromatic rings. The number of nitrogens with zero attached hydrogens (tertiary/aromatic N) is 4. The number of hydrogen-bond donors (Lipinski definition) is 1. The van der Waals surface area contributed by atoms with Crippen LogP contribution in [0.1, 0.15) is 18.1 Å². The first-order chi connectivity index (χ1) is 11.0. The van der Waals surface area contributed by atoms with E-state index in [4.69, 9.17) is 4.74 Å². The maximum Gasteiger partial charge on any atom is 0.233 e. The van der Waals surface area contributed by atoms with Crippen LogP contribution in [0.4, 0.5) is 0 Å². The van der Waals surface area contributed by atoms with Crippen molar-refractivity contribution in [3.63, 3.8) is 0 Å². The lowest BCUT2D eigenvalue weighted by molar-refractivity contribution is -0.120. The monoisotopic (exact) mass is 335 g/mol. The topological polar surface area (TPSA) is 81.9 Å². The second-order valence-corrected chi connectivity index (χ2v) is 6.52. The van der Waals surface area contributed by atoms with Crippen LogP contribution in [0.15, 0.2) is 23.4 Å². The van der Waals surface area contributed by atoms with Crippen LogP contribution in [0, 0.1) is 13.8 Å². The lowest BCUT2D eigenvalue weighted by Gasteiger charge is -2.12. The third-order valence-electron chi connectivity index (χ3n) is 3.29. The van der Waals surface area contributed by atoms with Gasteiger partial charge in [0, 0.05) is 13.7 Å². The summed E-state index contributed by atoms with van der Waals surface area (Å²) in [6, 6.07) is 6.10. The molecule has 1 amide bonds. The molecule has 0 saturated carbocycles. The quantitative estimate of drug-likeness (QED) is 0.610. The zero-order chi connectivity index (χ0) is 16.8. The van der Waals surface area contributed by atoms with Gasteiger partial charge in [-0.25, -0.2) is 0 Å². The number of ether oxygens (including phenoxy) is 1. The van der Waals surface area contributed by atoms with Gasteiger partial charge in [-0.15, -0.1) is 5.10 Å². The first-order valence-electron chi connectivity index (χ1n) is 7.32. The summed E-state index contributed by atoms with van der Waals surface area (Å²) in [5.41, 5.74) is 3.12. The van der Waals surface area contributed by atoms with Crippen molar-refractivity contribution in [3.05, 3.63) is 29.3 Å². The van der Waals surface area contributed by atoms with Crippen LogP contribution < -0.4 is 5.32 Å². The van der Waals surface area contributed by atoms with Crippen molar-refractivity contribution in [2.75, 3.05) is 20.3 Å². The molecule has 7 nitrogen and oxygen atoms in total. The van der Waals surface area contributed by atoms with Gasteiger partial charge < -0.3 is 10.1 Å². The lowest BCUT2D eigenvalue weighted by atomic mass is 10.1. The van der Waals surface area contributed by atoms with Gasteiger partial charge in [0.2, 0.25) is 11.1 Å². The van der Waals surface area contributed by atoms with Crippen molar-refractivity contribution in [2.45, 2.75) is 31.2 Å². The normalized spacial score (nSPS) is 12.2. The minimum absolute atomic E-state index is 0.0671. The Hall–Kier alpha value is -1.93. The highest BCUT2D eigenvalue weighted by Crippen LogP contribution is 2.24. The summed E-state index contributed by atoms with van der Waals surface area (Å²) in [6.45, 7) is 6.83. The van der Waals surface area contributed by atoms with Crippen LogP contribution in [0.5, 0.6) is 0 Å². The molecule has 0 bridgehead atoms. The smallest absolute Gasteiger partial charge is 0.233 e. The number of thioether (sulfide) groups is 1. The summed E-state index contributed by atoms with van der Waals surface area (Å²) >= 11 is 1.33. The van der Waals surface area contributed by atoms with E-state index in [9.17, 15) is 4.79 Å². The fourth-order valence-electron chi connectivity index (χ4n) is 1.98. The second kappa shape index (κ2) is 8.07. The third kappa shape index (κ3) is 4.52. The van der Waals surface area contributed by atoms with Gasteiger partial charge in [-0.1, -0.05) is 23.9 Å². The zero-order valence-electron chi connectivity index (χ0n) is 13.7. The first kappa shape index (κ1) is 17.4. The van der Waals surface area contributed by atoms with Gasteiger partial charge in [-0.2, -0.15) is 4.68 Å². The van der Waals surface area contributed by atoms with E-state index in [1.54, 1.807) is 11.8 Å². The lowest BCUT2D eigenvalue weighted by Crippen LogP contribution is -2.33. The number of hydrogen-bond acceptors (Lipinski definition) is 6. The number of aryl methyl sites for hydroxylation is 2. The molecular weight excluding hydrogens is 314 g/mol. The van der Waals surface area contributed by atoms with Gasteiger partial charge in [-0.05, 0) is 48.4 Å². The molecule has 8 heteroatoms.